The van der Waals surface area contributed by atoms with Gasteiger partial charge in [-0.05, 0) is 44.1 Å². The summed E-state index contributed by atoms with van der Waals surface area (Å²) in [6, 6.07) is 6.22. The van der Waals surface area contributed by atoms with Crippen LogP contribution in [0.5, 0.6) is 0 Å². The predicted octanol–water partition coefficient (Wildman–Crippen LogP) is 1.78. The Morgan fingerprint density at radius 3 is 2.83 bits per heavy atom. The van der Waals surface area contributed by atoms with Crippen LogP contribution in [0.1, 0.15) is 18.4 Å². The largest absolute Gasteiger partial charge is 0.352 e. The van der Waals surface area contributed by atoms with Crippen LogP contribution in [-0.4, -0.2) is 30.9 Å². The summed E-state index contributed by atoms with van der Waals surface area (Å²) >= 11 is 0. The van der Waals surface area contributed by atoms with Crippen molar-refractivity contribution in [2.75, 3.05) is 20.1 Å². The summed E-state index contributed by atoms with van der Waals surface area (Å²) in [5.41, 5.74) is 0.925. The highest BCUT2D eigenvalue weighted by molar-refractivity contribution is 5.78. The van der Waals surface area contributed by atoms with Gasteiger partial charge in [-0.1, -0.05) is 12.1 Å². The molecule has 1 aliphatic rings. The van der Waals surface area contributed by atoms with Crippen LogP contribution in [0, 0.1) is 11.7 Å². The standard InChI is InChI=1S/C14H19FN2O/c1-17-8-2-3-12(10-17)14(18)16-9-11-4-6-13(15)7-5-11/h4-7,12H,2-3,8-10H2,1H3,(H,16,18). The molecule has 1 saturated heterocycles. The first-order valence-electron chi connectivity index (χ1n) is 6.36. The van der Waals surface area contributed by atoms with Crippen LogP contribution in [0.25, 0.3) is 0 Å². The number of carbonyl (C=O) groups excluding carboxylic acids is 1. The summed E-state index contributed by atoms with van der Waals surface area (Å²) in [7, 11) is 2.04. The predicted molar refractivity (Wildman–Crippen MR) is 68.5 cm³/mol. The Hall–Kier alpha value is -1.42. The van der Waals surface area contributed by atoms with Crippen molar-refractivity contribution in [2.45, 2.75) is 19.4 Å². The Labute approximate surface area is 107 Å². The van der Waals surface area contributed by atoms with Gasteiger partial charge in [0.15, 0.2) is 0 Å². The number of halogens is 1. The van der Waals surface area contributed by atoms with Crippen LogP contribution < -0.4 is 5.32 Å². The molecule has 0 spiro atoms. The zero-order valence-electron chi connectivity index (χ0n) is 10.7. The van der Waals surface area contributed by atoms with Crippen molar-refractivity contribution in [2.24, 2.45) is 5.92 Å². The first-order valence-corrected chi connectivity index (χ1v) is 6.36. The first-order chi connectivity index (χ1) is 8.65. The molecule has 2 rings (SSSR count). The van der Waals surface area contributed by atoms with Crippen molar-refractivity contribution in [3.8, 4) is 0 Å². The van der Waals surface area contributed by atoms with Crippen molar-refractivity contribution in [3.05, 3.63) is 35.6 Å². The van der Waals surface area contributed by atoms with Gasteiger partial charge in [0.05, 0.1) is 5.92 Å². The Morgan fingerprint density at radius 1 is 1.44 bits per heavy atom. The first kappa shape index (κ1) is 13.0. The molecule has 1 aromatic rings. The second kappa shape index (κ2) is 5.96. The molecule has 1 amide bonds. The van der Waals surface area contributed by atoms with E-state index in [1.54, 1.807) is 12.1 Å². The van der Waals surface area contributed by atoms with Crippen molar-refractivity contribution >= 4 is 5.91 Å². The molecule has 1 fully saturated rings. The third-order valence-corrected chi connectivity index (χ3v) is 3.38. The lowest BCUT2D eigenvalue weighted by Crippen LogP contribution is -2.41. The van der Waals surface area contributed by atoms with E-state index in [0.717, 1.165) is 31.5 Å². The van der Waals surface area contributed by atoms with Crippen LogP contribution in [0.3, 0.4) is 0 Å². The zero-order valence-corrected chi connectivity index (χ0v) is 10.7. The molecule has 3 nitrogen and oxygen atoms in total. The number of carbonyl (C=O) groups is 1. The number of hydrogen-bond donors (Lipinski definition) is 1. The Morgan fingerprint density at radius 2 is 2.17 bits per heavy atom. The molecule has 0 aromatic heterocycles. The number of amides is 1. The van der Waals surface area contributed by atoms with Crippen molar-refractivity contribution in [3.63, 3.8) is 0 Å². The fraction of sp³-hybridized carbons (Fsp3) is 0.500. The lowest BCUT2D eigenvalue weighted by molar-refractivity contribution is -0.126. The number of piperidine rings is 1. The number of nitrogens with one attached hydrogen (secondary N) is 1. The van der Waals surface area contributed by atoms with Crippen LogP contribution in [0.4, 0.5) is 4.39 Å². The number of rotatable bonds is 3. The van der Waals surface area contributed by atoms with E-state index in [-0.39, 0.29) is 17.6 Å². The molecule has 0 saturated carbocycles. The number of benzene rings is 1. The number of hydrogen-bond acceptors (Lipinski definition) is 2. The molecule has 1 heterocycles. The van der Waals surface area contributed by atoms with Gasteiger partial charge in [-0.3, -0.25) is 4.79 Å². The van der Waals surface area contributed by atoms with Gasteiger partial charge in [-0.25, -0.2) is 4.39 Å². The number of nitrogens with zero attached hydrogens (tertiary/aromatic N) is 1. The maximum absolute atomic E-state index is 12.7. The second-order valence-corrected chi connectivity index (χ2v) is 4.95. The minimum atomic E-state index is -0.251. The van der Waals surface area contributed by atoms with E-state index >= 15 is 0 Å². The van der Waals surface area contributed by atoms with Crippen molar-refractivity contribution < 1.29 is 9.18 Å². The summed E-state index contributed by atoms with van der Waals surface area (Å²) in [4.78, 5) is 14.2. The molecule has 98 valence electrons. The Balaban J connectivity index is 1.82. The smallest absolute Gasteiger partial charge is 0.224 e. The molecule has 1 aliphatic heterocycles. The lowest BCUT2D eigenvalue weighted by atomic mass is 9.97. The second-order valence-electron chi connectivity index (χ2n) is 4.95. The maximum Gasteiger partial charge on any atom is 0.224 e. The maximum atomic E-state index is 12.7. The molecule has 1 atom stereocenters. The minimum absolute atomic E-state index is 0.0872. The van der Waals surface area contributed by atoms with Gasteiger partial charge in [0, 0.05) is 13.1 Å². The molecule has 18 heavy (non-hydrogen) atoms. The molecule has 0 aliphatic carbocycles. The average Bonchev–Trinajstić information content (AvgIpc) is 2.38. The zero-order chi connectivity index (χ0) is 13.0. The number of likely N-dealkylation sites (tertiary alicyclic amines) is 1. The molecule has 0 bridgehead atoms. The van der Waals surface area contributed by atoms with Gasteiger partial charge in [-0.2, -0.15) is 0 Å². The van der Waals surface area contributed by atoms with E-state index < -0.39 is 0 Å². The highest BCUT2D eigenvalue weighted by Crippen LogP contribution is 2.15. The van der Waals surface area contributed by atoms with Crippen LogP contribution in [0.2, 0.25) is 0 Å². The molecule has 1 unspecified atom stereocenters. The third-order valence-electron chi connectivity index (χ3n) is 3.38. The van der Waals surface area contributed by atoms with Gasteiger partial charge < -0.3 is 10.2 Å². The normalized spacial score (nSPS) is 20.7. The van der Waals surface area contributed by atoms with Gasteiger partial charge >= 0.3 is 0 Å². The molecule has 1 aromatic carbocycles. The fourth-order valence-corrected chi connectivity index (χ4v) is 2.32. The third kappa shape index (κ3) is 3.53. The van der Waals surface area contributed by atoms with Gasteiger partial charge in [-0.15, -0.1) is 0 Å². The Bertz CT molecular complexity index is 405. The highest BCUT2D eigenvalue weighted by Gasteiger charge is 2.23. The van der Waals surface area contributed by atoms with Crippen LogP contribution >= 0.6 is 0 Å². The van der Waals surface area contributed by atoms with Crippen molar-refractivity contribution in [1.29, 1.82) is 0 Å². The monoisotopic (exact) mass is 250 g/mol. The van der Waals surface area contributed by atoms with Crippen LogP contribution in [-0.2, 0) is 11.3 Å². The molecule has 0 radical (unpaired) electrons. The summed E-state index contributed by atoms with van der Waals surface area (Å²) < 4.78 is 12.7. The molecule has 4 heteroatoms. The van der Waals surface area contributed by atoms with E-state index in [2.05, 4.69) is 10.2 Å². The lowest BCUT2D eigenvalue weighted by Gasteiger charge is -2.28. The summed E-state index contributed by atoms with van der Waals surface area (Å²) in [5, 5.41) is 2.92. The van der Waals surface area contributed by atoms with E-state index in [4.69, 9.17) is 0 Å². The molecular weight excluding hydrogens is 231 g/mol. The molecular formula is C14H19FN2O. The van der Waals surface area contributed by atoms with Crippen molar-refractivity contribution in [1.82, 2.24) is 10.2 Å². The van der Waals surface area contributed by atoms with Gasteiger partial charge in [0.2, 0.25) is 5.91 Å². The van der Waals surface area contributed by atoms with E-state index in [9.17, 15) is 9.18 Å². The minimum Gasteiger partial charge on any atom is -0.352 e. The highest BCUT2D eigenvalue weighted by atomic mass is 19.1. The van der Waals surface area contributed by atoms with E-state index in [1.165, 1.54) is 12.1 Å². The van der Waals surface area contributed by atoms with Gasteiger partial charge in [0.1, 0.15) is 5.82 Å². The van der Waals surface area contributed by atoms with Crippen LogP contribution in [0.15, 0.2) is 24.3 Å². The van der Waals surface area contributed by atoms with E-state index in [1.807, 2.05) is 7.05 Å². The molecule has 1 N–H and O–H groups in total. The average molecular weight is 250 g/mol. The summed E-state index contributed by atoms with van der Waals surface area (Å²) in [6.45, 7) is 2.37. The summed E-state index contributed by atoms with van der Waals surface area (Å²) in [5.74, 6) is -0.0611. The van der Waals surface area contributed by atoms with E-state index in [0.29, 0.717) is 6.54 Å². The van der Waals surface area contributed by atoms with Gasteiger partial charge in [0.25, 0.3) is 0 Å². The summed E-state index contributed by atoms with van der Waals surface area (Å²) in [6.07, 6.45) is 2.03. The topological polar surface area (TPSA) is 32.3 Å². The fourth-order valence-electron chi connectivity index (χ4n) is 2.32. The SMILES string of the molecule is CN1CCCC(C(=O)NCc2ccc(F)cc2)C1. The quantitative estimate of drug-likeness (QED) is 0.887. The Kier molecular flexibility index (Phi) is 4.31.